The monoisotopic (exact) mass is 247 g/mol. The van der Waals surface area contributed by atoms with E-state index in [1.165, 1.54) is 12.1 Å². The number of halogens is 1. The summed E-state index contributed by atoms with van der Waals surface area (Å²) < 4.78 is 12.8. The van der Waals surface area contributed by atoms with Gasteiger partial charge in [-0.1, -0.05) is 45.1 Å². The van der Waals surface area contributed by atoms with E-state index < -0.39 is 0 Å². The zero-order valence-corrected chi connectivity index (χ0v) is 11.6. The van der Waals surface area contributed by atoms with E-state index in [1.54, 1.807) is 12.1 Å². The molecule has 0 aromatic heterocycles. The van der Waals surface area contributed by atoms with E-state index in [9.17, 15) is 4.39 Å². The molecule has 1 aromatic rings. The van der Waals surface area contributed by atoms with Gasteiger partial charge in [-0.15, -0.1) is 0 Å². The van der Waals surface area contributed by atoms with Gasteiger partial charge in [-0.2, -0.15) is 0 Å². The molecule has 0 amide bonds. The van der Waals surface area contributed by atoms with Crippen molar-refractivity contribution < 1.29 is 4.39 Å². The van der Waals surface area contributed by atoms with Crippen LogP contribution in [0, 0.1) is 17.7 Å². The minimum atomic E-state index is -0.210. The maximum absolute atomic E-state index is 12.8. The van der Waals surface area contributed by atoms with E-state index in [0.717, 1.165) is 11.3 Å². The molecule has 0 aliphatic heterocycles. The van der Waals surface area contributed by atoms with Gasteiger partial charge in [0.1, 0.15) is 5.82 Å². The van der Waals surface area contributed by atoms with Gasteiger partial charge in [-0.05, 0) is 35.6 Å². The SMILES string of the molecule is CN/C(=C\C=C/C(C)C(C)C)c1ccc(F)cc1. The Morgan fingerprint density at radius 2 is 1.78 bits per heavy atom. The minimum absolute atomic E-state index is 0.210. The highest BCUT2D eigenvalue weighted by Crippen LogP contribution is 2.14. The average molecular weight is 247 g/mol. The Bertz CT molecular complexity index is 415. The molecule has 18 heavy (non-hydrogen) atoms. The van der Waals surface area contributed by atoms with E-state index in [1.807, 2.05) is 13.1 Å². The van der Waals surface area contributed by atoms with Crippen LogP contribution in [0.5, 0.6) is 0 Å². The lowest BCUT2D eigenvalue weighted by atomic mass is 9.97. The lowest BCUT2D eigenvalue weighted by Gasteiger charge is -2.09. The van der Waals surface area contributed by atoms with Gasteiger partial charge in [-0.25, -0.2) is 4.39 Å². The normalized spacial score (nSPS) is 14.2. The Labute approximate surface area is 109 Å². The first-order valence-electron chi connectivity index (χ1n) is 6.36. The molecule has 0 aliphatic rings. The highest BCUT2D eigenvalue weighted by atomic mass is 19.1. The molecule has 1 N–H and O–H groups in total. The van der Waals surface area contributed by atoms with E-state index in [2.05, 4.69) is 38.2 Å². The molecule has 0 radical (unpaired) electrons. The molecular weight excluding hydrogens is 225 g/mol. The first-order chi connectivity index (χ1) is 8.54. The summed E-state index contributed by atoms with van der Waals surface area (Å²) in [6, 6.07) is 6.50. The van der Waals surface area contributed by atoms with Gasteiger partial charge in [0, 0.05) is 12.7 Å². The standard InChI is InChI=1S/C16H22FN/c1-12(2)13(3)6-5-7-16(18-4)14-8-10-15(17)11-9-14/h5-13,18H,1-4H3/b6-5-,16-7-. The molecule has 0 heterocycles. The predicted molar refractivity (Wildman–Crippen MR) is 76.6 cm³/mol. The largest absolute Gasteiger partial charge is 0.388 e. The number of nitrogens with one attached hydrogen (secondary N) is 1. The number of allylic oxidation sites excluding steroid dienone is 3. The first-order valence-corrected chi connectivity index (χ1v) is 6.36. The first kappa shape index (κ1) is 14.5. The molecule has 0 spiro atoms. The van der Waals surface area contributed by atoms with Crippen LogP contribution in [0.1, 0.15) is 26.3 Å². The molecular formula is C16H22FN. The van der Waals surface area contributed by atoms with Crippen LogP contribution in [0.4, 0.5) is 4.39 Å². The van der Waals surface area contributed by atoms with Crippen molar-refractivity contribution in [2.45, 2.75) is 20.8 Å². The van der Waals surface area contributed by atoms with Crippen molar-refractivity contribution in [3.8, 4) is 0 Å². The summed E-state index contributed by atoms with van der Waals surface area (Å²) in [6.07, 6.45) is 6.26. The number of hydrogen-bond donors (Lipinski definition) is 1. The van der Waals surface area contributed by atoms with E-state index in [0.29, 0.717) is 11.8 Å². The van der Waals surface area contributed by atoms with Crippen molar-refractivity contribution in [1.82, 2.24) is 5.32 Å². The van der Waals surface area contributed by atoms with E-state index in [4.69, 9.17) is 0 Å². The quantitative estimate of drug-likeness (QED) is 0.768. The third-order valence-corrected chi connectivity index (χ3v) is 3.15. The summed E-state index contributed by atoms with van der Waals surface area (Å²) in [7, 11) is 1.87. The topological polar surface area (TPSA) is 12.0 Å². The van der Waals surface area contributed by atoms with Crippen LogP contribution in [-0.4, -0.2) is 7.05 Å². The van der Waals surface area contributed by atoms with Crippen molar-refractivity contribution in [3.63, 3.8) is 0 Å². The minimum Gasteiger partial charge on any atom is -0.388 e. The van der Waals surface area contributed by atoms with Gasteiger partial charge in [0.15, 0.2) is 0 Å². The second kappa shape index (κ2) is 7.00. The zero-order valence-electron chi connectivity index (χ0n) is 11.6. The summed E-state index contributed by atoms with van der Waals surface area (Å²) in [6.45, 7) is 6.61. The second-order valence-electron chi connectivity index (χ2n) is 4.83. The van der Waals surface area contributed by atoms with Crippen molar-refractivity contribution in [1.29, 1.82) is 0 Å². The smallest absolute Gasteiger partial charge is 0.123 e. The maximum atomic E-state index is 12.8. The fourth-order valence-corrected chi connectivity index (χ4v) is 1.50. The fourth-order valence-electron chi connectivity index (χ4n) is 1.50. The fraction of sp³-hybridized carbons (Fsp3) is 0.375. The Morgan fingerprint density at radius 1 is 1.17 bits per heavy atom. The summed E-state index contributed by atoms with van der Waals surface area (Å²) in [5.41, 5.74) is 1.97. The van der Waals surface area contributed by atoms with Gasteiger partial charge in [0.25, 0.3) is 0 Å². The summed E-state index contributed by atoms with van der Waals surface area (Å²) in [4.78, 5) is 0. The van der Waals surface area contributed by atoms with Crippen molar-refractivity contribution in [2.24, 2.45) is 11.8 Å². The van der Waals surface area contributed by atoms with Gasteiger partial charge >= 0.3 is 0 Å². The van der Waals surface area contributed by atoms with E-state index in [-0.39, 0.29) is 5.82 Å². The van der Waals surface area contributed by atoms with Crippen molar-refractivity contribution in [2.75, 3.05) is 7.05 Å². The highest BCUT2D eigenvalue weighted by molar-refractivity contribution is 5.65. The van der Waals surface area contributed by atoms with Crippen LogP contribution in [0.2, 0.25) is 0 Å². The summed E-state index contributed by atoms with van der Waals surface area (Å²) in [5, 5.41) is 3.13. The Morgan fingerprint density at radius 3 is 2.28 bits per heavy atom. The van der Waals surface area contributed by atoms with Crippen LogP contribution in [0.25, 0.3) is 5.70 Å². The molecule has 98 valence electrons. The molecule has 0 fully saturated rings. The zero-order chi connectivity index (χ0) is 13.5. The van der Waals surface area contributed by atoms with Crippen molar-refractivity contribution in [3.05, 3.63) is 53.9 Å². The average Bonchev–Trinajstić information content (AvgIpc) is 2.35. The second-order valence-corrected chi connectivity index (χ2v) is 4.83. The predicted octanol–water partition coefficient (Wildman–Crippen LogP) is 4.23. The van der Waals surface area contributed by atoms with Gasteiger partial charge in [0.05, 0.1) is 0 Å². The lowest BCUT2D eigenvalue weighted by Crippen LogP contribution is -2.04. The Kier molecular flexibility index (Phi) is 5.63. The third-order valence-electron chi connectivity index (χ3n) is 3.15. The third kappa shape index (κ3) is 4.36. The molecule has 0 aliphatic carbocycles. The van der Waals surface area contributed by atoms with Gasteiger partial charge in [-0.3, -0.25) is 0 Å². The van der Waals surface area contributed by atoms with Crippen LogP contribution in [-0.2, 0) is 0 Å². The van der Waals surface area contributed by atoms with Crippen LogP contribution < -0.4 is 5.32 Å². The number of benzene rings is 1. The van der Waals surface area contributed by atoms with Crippen molar-refractivity contribution >= 4 is 5.70 Å². The van der Waals surface area contributed by atoms with Crippen LogP contribution in [0.3, 0.4) is 0 Å². The lowest BCUT2D eigenvalue weighted by molar-refractivity contribution is 0.504. The molecule has 1 unspecified atom stereocenters. The number of rotatable bonds is 5. The highest BCUT2D eigenvalue weighted by Gasteiger charge is 2.01. The van der Waals surface area contributed by atoms with Gasteiger partial charge < -0.3 is 5.32 Å². The molecule has 2 heteroatoms. The summed E-state index contributed by atoms with van der Waals surface area (Å²) in [5.74, 6) is 0.976. The van der Waals surface area contributed by atoms with E-state index >= 15 is 0 Å². The molecule has 1 aromatic carbocycles. The van der Waals surface area contributed by atoms with Gasteiger partial charge in [0.2, 0.25) is 0 Å². The molecule has 0 saturated carbocycles. The van der Waals surface area contributed by atoms with Crippen LogP contribution >= 0.6 is 0 Å². The molecule has 0 bridgehead atoms. The van der Waals surface area contributed by atoms with Crippen LogP contribution in [0.15, 0.2) is 42.5 Å². The molecule has 1 nitrogen and oxygen atoms in total. The Hall–Kier alpha value is -1.57. The Balaban J connectivity index is 2.80. The summed E-state index contributed by atoms with van der Waals surface area (Å²) >= 11 is 0. The molecule has 1 atom stereocenters. The number of hydrogen-bond acceptors (Lipinski definition) is 1. The molecule has 1 rings (SSSR count). The maximum Gasteiger partial charge on any atom is 0.123 e. The molecule has 0 saturated heterocycles.